The van der Waals surface area contributed by atoms with Gasteiger partial charge in [0.1, 0.15) is 6.67 Å². The van der Waals surface area contributed by atoms with Crippen molar-refractivity contribution >= 4 is 5.78 Å². The maximum absolute atomic E-state index is 12.3. The summed E-state index contributed by atoms with van der Waals surface area (Å²) in [5, 5.41) is 0. The average Bonchev–Trinajstić information content (AvgIpc) is 2.39. The summed E-state index contributed by atoms with van der Waals surface area (Å²) in [6.07, 6.45) is 0. The van der Waals surface area contributed by atoms with Gasteiger partial charge in [-0.2, -0.15) is 0 Å². The number of carbonyl (C=O) groups excluding carboxylic acids is 1. The Morgan fingerprint density at radius 2 is 1.44 bits per heavy atom. The van der Waals surface area contributed by atoms with E-state index in [-0.39, 0.29) is 5.78 Å². The standard InChI is InChI=1S/C14H11FO/c15-10-11-6-8-13(9-7-11)14(16)12-4-2-1-3-5-12/h1-9H,10H2. The highest BCUT2D eigenvalue weighted by atomic mass is 19.1. The number of rotatable bonds is 3. The molecule has 0 spiro atoms. The molecule has 0 atom stereocenters. The fourth-order valence-corrected chi connectivity index (χ4v) is 1.50. The maximum atomic E-state index is 12.3. The van der Waals surface area contributed by atoms with Crippen LogP contribution in [0.4, 0.5) is 4.39 Å². The Morgan fingerprint density at radius 1 is 0.875 bits per heavy atom. The Morgan fingerprint density at radius 3 is 2.00 bits per heavy atom. The van der Waals surface area contributed by atoms with Crippen molar-refractivity contribution in [2.45, 2.75) is 6.67 Å². The van der Waals surface area contributed by atoms with Gasteiger partial charge in [-0.1, -0.05) is 54.6 Å². The minimum absolute atomic E-state index is 0.0361. The van der Waals surface area contributed by atoms with E-state index in [2.05, 4.69) is 0 Å². The summed E-state index contributed by atoms with van der Waals surface area (Å²) in [6.45, 7) is -0.500. The molecule has 2 heteroatoms. The summed E-state index contributed by atoms with van der Waals surface area (Å²) < 4.78 is 12.3. The molecule has 0 saturated carbocycles. The molecule has 0 heterocycles. The van der Waals surface area contributed by atoms with Crippen molar-refractivity contribution in [1.82, 2.24) is 0 Å². The second kappa shape index (κ2) is 4.71. The first-order chi connectivity index (χ1) is 7.81. The lowest BCUT2D eigenvalue weighted by Gasteiger charge is -2.01. The lowest BCUT2D eigenvalue weighted by molar-refractivity contribution is 0.103. The third kappa shape index (κ3) is 2.16. The van der Waals surface area contributed by atoms with E-state index >= 15 is 0 Å². The molecule has 2 aromatic carbocycles. The molecule has 0 N–H and O–H groups in total. The molecule has 0 saturated heterocycles. The van der Waals surface area contributed by atoms with E-state index in [0.717, 1.165) is 0 Å². The minimum atomic E-state index is -0.500. The molecular formula is C14H11FO. The Kier molecular flexibility index (Phi) is 3.10. The molecule has 0 amide bonds. The molecule has 0 aliphatic heterocycles. The number of benzene rings is 2. The van der Waals surface area contributed by atoms with Crippen molar-refractivity contribution in [1.29, 1.82) is 0 Å². The van der Waals surface area contributed by atoms with E-state index in [1.807, 2.05) is 18.2 Å². The van der Waals surface area contributed by atoms with Gasteiger partial charge in [0.25, 0.3) is 0 Å². The van der Waals surface area contributed by atoms with Crippen LogP contribution in [-0.2, 0) is 6.67 Å². The molecule has 0 aromatic heterocycles. The number of halogens is 1. The summed E-state index contributed by atoms with van der Waals surface area (Å²) in [7, 11) is 0. The SMILES string of the molecule is O=C(c1ccccc1)c1ccc(CF)cc1. The fourth-order valence-electron chi connectivity index (χ4n) is 1.50. The summed E-state index contributed by atoms with van der Waals surface area (Å²) in [5.41, 5.74) is 1.82. The van der Waals surface area contributed by atoms with Crippen LogP contribution in [-0.4, -0.2) is 5.78 Å². The maximum Gasteiger partial charge on any atom is 0.193 e. The molecule has 16 heavy (non-hydrogen) atoms. The van der Waals surface area contributed by atoms with Gasteiger partial charge in [-0.25, -0.2) is 4.39 Å². The number of hydrogen-bond acceptors (Lipinski definition) is 1. The molecule has 2 aromatic rings. The number of alkyl halides is 1. The molecular weight excluding hydrogens is 203 g/mol. The van der Waals surface area contributed by atoms with E-state index < -0.39 is 6.67 Å². The Hall–Kier alpha value is -1.96. The van der Waals surface area contributed by atoms with E-state index in [1.54, 1.807) is 36.4 Å². The van der Waals surface area contributed by atoms with Gasteiger partial charge in [0.05, 0.1) is 0 Å². The molecule has 0 bridgehead atoms. The van der Waals surface area contributed by atoms with Gasteiger partial charge < -0.3 is 0 Å². The molecule has 2 rings (SSSR count). The van der Waals surface area contributed by atoms with Gasteiger partial charge in [0.2, 0.25) is 0 Å². The highest BCUT2D eigenvalue weighted by molar-refractivity contribution is 6.08. The number of hydrogen-bond donors (Lipinski definition) is 0. The zero-order valence-corrected chi connectivity index (χ0v) is 8.69. The van der Waals surface area contributed by atoms with Gasteiger partial charge in [0.15, 0.2) is 5.78 Å². The van der Waals surface area contributed by atoms with Crippen LogP contribution in [0, 0.1) is 0 Å². The minimum Gasteiger partial charge on any atom is -0.289 e. The first-order valence-electron chi connectivity index (χ1n) is 5.06. The van der Waals surface area contributed by atoms with Crippen molar-refractivity contribution in [3.63, 3.8) is 0 Å². The van der Waals surface area contributed by atoms with Crippen LogP contribution < -0.4 is 0 Å². The summed E-state index contributed by atoms with van der Waals surface area (Å²) in [6, 6.07) is 15.6. The number of carbonyl (C=O) groups is 1. The molecule has 80 valence electrons. The quantitative estimate of drug-likeness (QED) is 0.716. The highest BCUT2D eigenvalue weighted by Gasteiger charge is 2.07. The Balaban J connectivity index is 2.28. The van der Waals surface area contributed by atoms with Crippen LogP contribution in [0.15, 0.2) is 54.6 Å². The lowest BCUT2D eigenvalue weighted by Crippen LogP contribution is -2.00. The van der Waals surface area contributed by atoms with Gasteiger partial charge in [-0.15, -0.1) is 0 Å². The molecule has 0 aliphatic carbocycles. The highest BCUT2D eigenvalue weighted by Crippen LogP contribution is 2.11. The Labute approximate surface area is 93.5 Å². The van der Waals surface area contributed by atoms with E-state index in [4.69, 9.17) is 0 Å². The van der Waals surface area contributed by atoms with Crippen LogP contribution in [0.2, 0.25) is 0 Å². The van der Waals surface area contributed by atoms with E-state index in [1.165, 1.54) is 0 Å². The fraction of sp³-hybridized carbons (Fsp3) is 0.0714. The normalized spacial score (nSPS) is 10.1. The lowest BCUT2D eigenvalue weighted by atomic mass is 10.0. The second-order valence-electron chi connectivity index (χ2n) is 3.53. The van der Waals surface area contributed by atoms with Crippen LogP contribution in [0.3, 0.4) is 0 Å². The topological polar surface area (TPSA) is 17.1 Å². The smallest absolute Gasteiger partial charge is 0.193 e. The second-order valence-corrected chi connectivity index (χ2v) is 3.53. The molecule has 0 radical (unpaired) electrons. The summed E-state index contributed by atoms with van der Waals surface area (Å²) in [5.74, 6) is -0.0361. The average molecular weight is 214 g/mol. The molecule has 0 aliphatic rings. The third-order valence-corrected chi connectivity index (χ3v) is 2.41. The molecule has 1 nitrogen and oxygen atoms in total. The summed E-state index contributed by atoms with van der Waals surface area (Å²) >= 11 is 0. The van der Waals surface area contributed by atoms with Crippen molar-refractivity contribution in [2.24, 2.45) is 0 Å². The third-order valence-electron chi connectivity index (χ3n) is 2.41. The summed E-state index contributed by atoms with van der Waals surface area (Å²) in [4.78, 5) is 12.0. The van der Waals surface area contributed by atoms with Crippen molar-refractivity contribution in [3.05, 3.63) is 71.3 Å². The van der Waals surface area contributed by atoms with Crippen LogP contribution in [0.1, 0.15) is 21.5 Å². The van der Waals surface area contributed by atoms with Crippen molar-refractivity contribution < 1.29 is 9.18 Å². The van der Waals surface area contributed by atoms with E-state index in [9.17, 15) is 9.18 Å². The van der Waals surface area contributed by atoms with Gasteiger partial charge >= 0.3 is 0 Å². The first-order valence-corrected chi connectivity index (χ1v) is 5.06. The van der Waals surface area contributed by atoms with Crippen molar-refractivity contribution in [2.75, 3.05) is 0 Å². The van der Waals surface area contributed by atoms with Crippen LogP contribution in [0.25, 0.3) is 0 Å². The molecule has 0 fully saturated rings. The first kappa shape index (κ1) is 10.6. The van der Waals surface area contributed by atoms with E-state index in [0.29, 0.717) is 16.7 Å². The largest absolute Gasteiger partial charge is 0.289 e. The van der Waals surface area contributed by atoms with Crippen LogP contribution in [0.5, 0.6) is 0 Å². The predicted octanol–water partition coefficient (Wildman–Crippen LogP) is 3.39. The predicted molar refractivity (Wildman–Crippen MR) is 61.1 cm³/mol. The van der Waals surface area contributed by atoms with Gasteiger partial charge in [0, 0.05) is 11.1 Å². The zero-order valence-electron chi connectivity index (χ0n) is 8.69. The number of ketones is 1. The van der Waals surface area contributed by atoms with Gasteiger partial charge in [-0.05, 0) is 5.56 Å². The zero-order chi connectivity index (χ0) is 11.4. The van der Waals surface area contributed by atoms with Crippen LogP contribution >= 0.6 is 0 Å². The van der Waals surface area contributed by atoms with Gasteiger partial charge in [-0.3, -0.25) is 4.79 Å². The Bertz CT molecular complexity index is 474. The van der Waals surface area contributed by atoms with Crippen molar-refractivity contribution in [3.8, 4) is 0 Å². The monoisotopic (exact) mass is 214 g/mol. The molecule has 0 unspecified atom stereocenters.